The molecule has 2 aliphatic heterocycles. The zero-order valence-electron chi connectivity index (χ0n) is 22.5. The van der Waals surface area contributed by atoms with Crippen molar-refractivity contribution >= 4 is 17.5 Å². The van der Waals surface area contributed by atoms with E-state index in [2.05, 4.69) is 10.1 Å². The lowest BCUT2D eigenvalue weighted by molar-refractivity contribution is -0.138. The second kappa shape index (κ2) is 10.5. The van der Waals surface area contributed by atoms with Gasteiger partial charge in [0.15, 0.2) is 5.82 Å². The van der Waals surface area contributed by atoms with E-state index in [0.717, 1.165) is 18.3 Å². The number of nitrogens with zero attached hydrogens (tertiary/aromatic N) is 6. The molecule has 4 heterocycles. The Kier molecular flexibility index (Phi) is 7.28. The van der Waals surface area contributed by atoms with Crippen molar-refractivity contribution in [2.75, 3.05) is 30.0 Å². The fourth-order valence-corrected chi connectivity index (χ4v) is 5.75. The first-order valence-electron chi connectivity index (χ1n) is 12.9. The van der Waals surface area contributed by atoms with Crippen LogP contribution in [0.1, 0.15) is 48.1 Å². The van der Waals surface area contributed by atoms with E-state index >= 15 is 0 Å². The highest BCUT2D eigenvalue weighted by Gasteiger charge is 2.44. The first-order valence-corrected chi connectivity index (χ1v) is 12.9. The second-order valence-electron chi connectivity index (χ2n) is 10.1. The number of anilines is 2. The van der Waals surface area contributed by atoms with Crippen LogP contribution in [0, 0.1) is 0 Å². The number of methoxy groups -OCH3 is 1. The molecule has 1 atom stereocenters. The second-order valence-corrected chi connectivity index (χ2v) is 10.1. The van der Waals surface area contributed by atoms with Gasteiger partial charge >= 0.3 is 18.4 Å². The highest BCUT2D eigenvalue weighted by molar-refractivity contribution is 5.94. The standard InChI is InChI=1S/C27H28F6N6O2/c1-16-19-15-36(2)35-23(19)38(14-17-6-4-5-7-20(17)26(28,29)30)25(40)39(16)18-9-12-37(13-10-18)22-21(27(31,32)33)8-11-34-24(22)41-3/h4-8,11,15-16,18H,9-10,12-14H2,1-3H3/t16-/m0/s1. The molecular formula is C27H28F6N6O2. The molecule has 0 spiro atoms. The molecule has 2 aliphatic rings. The van der Waals surface area contributed by atoms with E-state index < -0.39 is 35.6 Å². The monoisotopic (exact) mass is 582 g/mol. The summed E-state index contributed by atoms with van der Waals surface area (Å²) in [7, 11) is 2.92. The lowest BCUT2D eigenvalue weighted by Crippen LogP contribution is -2.55. The Morgan fingerprint density at radius 1 is 1.00 bits per heavy atom. The summed E-state index contributed by atoms with van der Waals surface area (Å²) in [4.78, 5) is 22.3. The van der Waals surface area contributed by atoms with Gasteiger partial charge in [0.05, 0.1) is 30.8 Å². The number of pyridine rings is 1. The van der Waals surface area contributed by atoms with Crippen molar-refractivity contribution in [3.63, 3.8) is 0 Å². The molecule has 0 aliphatic carbocycles. The minimum Gasteiger partial charge on any atom is -0.480 e. The number of halogens is 6. The zero-order chi connectivity index (χ0) is 29.7. The van der Waals surface area contributed by atoms with Gasteiger partial charge in [0.2, 0.25) is 5.88 Å². The Morgan fingerprint density at radius 3 is 2.29 bits per heavy atom. The maximum atomic E-state index is 13.9. The molecule has 2 amide bonds. The number of alkyl halides is 6. The highest BCUT2D eigenvalue weighted by Crippen LogP contribution is 2.44. The number of hydrogen-bond acceptors (Lipinski definition) is 5. The Bertz CT molecular complexity index is 1430. The van der Waals surface area contributed by atoms with Gasteiger partial charge in [-0.05, 0) is 37.5 Å². The van der Waals surface area contributed by atoms with Crippen molar-refractivity contribution in [3.05, 3.63) is 65.0 Å². The molecule has 3 aromatic rings. The van der Waals surface area contributed by atoms with Crippen molar-refractivity contribution in [3.8, 4) is 5.88 Å². The van der Waals surface area contributed by atoms with Crippen LogP contribution in [0.15, 0.2) is 42.7 Å². The third-order valence-electron chi connectivity index (χ3n) is 7.63. The van der Waals surface area contributed by atoms with Gasteiger partial charge in [-0.2, -0.15) is 31.4 Å². The maximum absolute atomic E-state index is 13.9. The van der Waals surface area contributed by atoms with Crippen LogP contribution in [0.4, 0.5) is 42.6 Å². The molecule has 0 saturated carbocycles. The number of carbonyl (C=O) groups excluding carboxylic acids is 1. The van der Waals surface area contributed by atoms with E-state index in [9.17, 15) is 31.1 Å². The normalized spacial score (nSPS) is 18.6. The van der Waals surface area contributed by atoms with Gasteiger partial charge in [0.25, 0.3) is 0 Å². The Hall–Kier alpha value is -3.97. The van der Waals surface area contributed by atoms with Gasteiger partial charge in [0.1, 0.15) is 5.69 Å². The number of ether oxygens (including phenoxy) is 1. The number of benzene rings is 1. The third-order valence-corrected chi connectivity index (χ3v) is 7.63. The SMILES string of the molecule is COc1nccc(C(F)(F)F)c1N1CCC(N2C(=O)N(Cc3ccccc3C(F)(F)F)c3nn(C)cc3[C@@H]2C)CC1. The summed E-state index contributed by atoms with van der Waals surface area (Å²) in [6.45, 7) is 1.84. The quantitative estimate of drug-likeness (QED) is 0.344. The molecule has 1 aromatic carbocycles. The Labute approximate surface area is 232 Å². The number of rotatable bonds is 5. The number of hydrogen-bond donors (Lipinski definition) is 0. The van der Waals surface area contributed by atoms with Crippen LogP contribution in [0.5, 0.6) is 5.88 Å². The Balaban J connectivity index is 1.43. The number of amides is 2. The lowest BCUT2D eigenvalue weighted by atomic mass is 9.97. The molecule has 8 nitrogen and oxygen atoms in total. The van der Waals surface area contributed by atoms with Crippen molar-refractivity contribution in [2.24, 2.45) is 7.05 Å². The van der Waals surface area contributed by atoms with Crippen molar-refractivity contribution in [1.29, 1.82) is 0 Å². The molecule has 0 unspecified atom stereocenters. The molecule has 0 bridgehead atoms. The molecule has 0 radical (unpaired) electrons. The molecule has 1 saturated heterocycles. The average molecular weight is 583 g/mol. The zero-order valence-corrected chi connectivity index (χ0v) is 22.5. The first-order chi connectivity index (χ1) is 19.3. The summed E-state index contributed by atoms with van der Waals surface area (Å²) in [5.74, 6) is 0.140. The number of carbonyl (C=O) groups is 1. The number of fused-ring (bicyclic) bond motifs is 1. The number of piperidine rings is 1. The molecule has 5 rings (SSSR count). The molecule has 220 valence electrons. The summed E-state index contributed by atoms with van der Waals surface area (Å²) in [5.41, 5.74) is -1.25. The minimum atomic E-state index is -4.62. The number of aryl methyl sites for hydroxylation is 1. The molecule has 1 fully saturated rings. The van der Waals surface area contributed by atoms with E-state index in [1.165, 1.54) is 34.9 Å². The van der Waals surface area contributed by atoms with E-state index in [4.69, 9.17) is 4.74 Å². The van der Waals surface area contributed by atoms with Crippen LogP contribution in [-0.4, -0.2) is 51.9 Å². The highest BCUT2D eigenvalue weighted by atomic mass is 19.4. The van der Waals surface area contributed by atoms with Gasteiger partial charge < -0.3 is 14.5 Å². The summed E-state index contributed by atoms with van der Waals surface area (Å²) in [6, 6.07) is 4.65. The first kappa shape index (κ1) is 28.6. The van der Waals surface area contributed by atoms with E-state index in [1.807, 2.05) is 6.92 Å². The smallest absolute Gasteiger partial charge is 0.418 e. The van der Waals surface area contributed by atoms with Gasteiger partial charge in [-0.3, -0.25) is 9.58 Å². The molecule has 0 N–H and O–H groups in total. The van der Waals surface area contributed by atoms with Gasteiger partial charge in [-0.25, -0.2) is 9.78 Å². The number of urea groups is 1. The van der Waals surface area contributed by atoms with Crippen molar-refractivity contribution < 1.29 is 35.9 Å². The average Bonchev–Trinajstić information content (AvgIpc) is 3.32. The fourth-order valence-electron chi connectivity index (χ4n) is 5.75. The predicted octanol–water partition coefficient (Wildman–Crippen LogP) is 6.03. The maximum Gasteiger partial charge on any atom is 0.418 e. The Morgan fingerprint density at radius 2 is 1.66 bits per heavy atom. The fraction of sp³-hybridized carbons (Fsp3) is 0.444. The summed E-state index contributed by atoms with van der Waals surface area (Å²) in [5, 5.41) is 4.38. The van der Waals surface area contributed by atoms with Crippen molar-refractivity contribution in [1.82, 2.24) is 19.7 Å². The van der Waals surface area contributed by atoms with Gasteiger partial charge in [-0.15, -0.1) is 0 Å². The number of aromatic nitrogens is 3. The molecular weight excluding hydrogens is 554 g/mol. The van der Waals surface area contributed by atoms with Crippen LogP contribution >= 0.6 is 0 Å². The molecule has 41 heavy (non-hydrogen) atoms. The summed E-state index contributed by atoms with van der Waals surface area (Å²) >= 11 is 0. The minimum absolute atomic E-state index is 0.0716. The topological polar surface area (TPSA) is 66.7 Å². The van der Waals surface area contributed by atoms with Crippen LogP contribution in [-0.2, 0) is 25.9 Å². The summed E-state index contributed by atoms with van der Waals surface area (Å²) in [6.07, 6.45) is -5.80. The largest absolute Gasteiger partial charge is 0.480 e. The lowest BCUT2D eigenvalue weighted by Gasteiger charge is -2.46. The van der Waals surface area contributed by atoms with Crippen LogP contribution in [0.25, 0.3) is 0 Å². The van der Waals surface area contributed by atoms with Crippen LogP contribution in [0.3, 0.4) is 0 Å². The van der Waals surface area contributed by atoms with Gasteiger partial charge in [-0.1, -0.05) is 18.2 Å². The van der Waals surface area contributed by atoms with E-state index in [-0.39, 0.29) is 48.6 Å². The van der Waals surface area contributed by atoms with Crippen LogP contribution < -0.4 is 14.5 Å². The van der Waals surface area contributed by atoms with E-state index in [0.29, 0.717) is 18.4 Å². The van der Waals surface area contributed by atoms with Gasteiger partial charge in [0, 0.05) is 44.1 Å². The van der Waals surface area contributed by atoms with Crippen LogP contribution in [0.2, 0.25) is 0 Å². The third kappa shape index (κ3) is 5.26. The summed E-state index contributed by atoms with van der Waals surface area (Å²) < 4.78 is 89.3. The van der Waals surface area contributed by atoms with E-state index in [1.54, 1.807) is 23.0 Å². The molecule has 14 heteroatoms. The molecule has 2 aromatic heterocycles. The predicted molar refractivity (Wildman–Crippen MR) is 138 cm³/mol. The van der Waals surface area contributed by atoms with Crippen molar-refractivity contribution in [2.45, 2.75) is 50.7 Å².